The van der Waals surface area contributed by atoms with Gasteiger partial charge in [0.05, 0.1) is 36.5 Å². The zero-order valence-electron chi connectivity index (χ0n) is 19.5. The predicted molar refractivity (Wildman–Crippen MR) is 131 cm³/mol. The molecule has 1 aromatic heterocycles. The van der Waals surface area contributed by atoms with Crippen LogP contribution in [0.4, 0.5) is 0 Å². The molecule has 0 N–H and O–H groups in total. The van der Waals surface area contributed by atoms with Crippen molar-refractivity contribution in [1.29, 1.82) is 0 Å². The summed E-state index contributed by atoms with van der Waals surface area (Å²) in [4.78, 5) is 31.1. The van der Waals surface area contributed by atoms with Gasteiger partial charge in [0.25, 0.3) is 5.56 Å². The molecule has 4 rings (SSSR count). The summed E-state index contributed by atoms with van der Waals surface area (Å²) < 4.78 is 18.5. The van der Waals surface area contributed by atoms with Crippen molar-refractivity contribution < 1.29 is 19.0 Å². The number of aryl methyl sites for hydroxylation is 1. The fourth-order valence-electron chi connectivity index (χ4n) is 3.90. The van der Waals surface area contributed by atoms with E-state index in [4.69, 9.17) is 14.2 Å². The summed E-state index contributed by atoms with van der Waals surface area (Å²) in [6.45, 7) is 6.72. The van der Waals surface area contributed by atoms with Crippen LogP contribution in [0, 0.1) is 6.92 Å². The van der Waals surface area contributed by atoms with E-state index in [9.17, 15) is 9.59 Å². The standard InChI is InChI=1S/C26H26N2O5S/c1-5-32-20-11-10-18(14-21(20)33-6-2)23-19(25(30)31-4)15-27-26-28(23)24(29)22(34-26)13-17-9-7-8-16(3)12-17/h7-15,23H,5-6H2,1-4H3/b22-13-/t23-/m1/s1. The number of hydrogen-bond donors (Lipinski definition) is 0. The lowest BCUT2D eigenvalue weighted by molar-refractivity contribution is -0.136. The molecule has 2 heterocycles. The number of benzene rings is 2. The molecule has 0 amide bonds. The first-order valence-corrected chi connectivity index (χ1v) is 11.8. The van der Waals surface area contributed by atoms with Crippen LogP contribution in [0.15, 0.2) is 64.0 Å². The summed E-state index contributed by atoms with van der Waals surface area (Å²) in [6.07, 6.45) is 3.33. The van der Waals surface area contributed by atoms with Gasteiger partial charge in [-0.05, 0) is 50.1 Å². The number of esters is 1. The lowest BCUT2D eigenvalue weighted by Gasteiger charge is -2.23. The molecule has 0 fully saturated rings. The maximum Gasteiger partial charge on any atom is 0.337 e. The Balaban J connectivity index is 1.91. The van der Waals surface area contributed by atoms with Crippen LogP contribution < -0.4 is 24.4 Å². The van der Waals surface area contributed by atoms with Gasteiger partial charge in [-0.3, -0.25) is 9.36 Å². The Kier molecular flexibility index (Phi) is 6.98. The highest BCUT2D eigenvalue weighted by atomic mass is 32.1. The second-order valence-corrected chi connectivity index (χ2v) is 8.67. The number of methoxy groups -OCH3 is 1. The van der Waals surface area contributed by atoms with Crippen LogP contribution in [0.25, 0.3) is 6.08 Å². The monoisotopic (exact) mass is 478 g/mol. The molecule has 0 aliphatic carbocycles. The molecule has 2 aromatic carbocycles. The van der Waals surface area contributed by atoms with Gasteiger partial charge in [-0.1, -0.05) is 47.2 Å². The molecular weight excluding hydrogens is 452 g/mol. The van der Waals surface area contributed by atoms with Crippen LogP contribution >= 0.6 is 11.3 Å². The number of nitrogens with zero attached hydrogens (tertiary/aromatic N) is 2. The number of fused-ring (bicyclic) bond motifs is 1. The summed E-state index contributed by atoms with van der Waals surface area (Å²) in [7, 11) is 1.31. The fraction of sp³-hybridized carbons (Fsp3) is 0.269. The number of hydrogen-bond acceptors (Lipinski definition) is 7. The maximum absolute atomic E-state index is 13.6. The Morgan fingerprint density at radius 1 is 1.12 bits per heavy atom. The molecule has 7 nitrogen and oxygen atoms in total. The van der Waals surface area contributed by atoms with Gasteiger partial charge in [0.15, 0.2) is 16.3 Å². The van der Waals surface area contributed by atoms with E-state index in [-0.39, 0.29) is 11.1 Å². The van der Waals surface area contributed by atoms with Crippen LogP contribution in [0.1, 0.15) is 36.6 Å². The summed E-state index contributed by atoms with van der Waals surface area (Å²) in [6, 6.07) is 12.6. The normalized spacial score (nSPS) is 15.2. The van der Waals surface area contributed by atoms with Crippen LogP contribution in [-0.4, -0.2) is 30.9 Å². The molecular formula is C26H26N2O5S. The first kappa shape index (κ1) is 23.5. The molecule has 0 spiro atoms. The first-order valence-electron chi connectivity index (χ1n) is 11.0. The highest BCUT2D eigenvalue weighted by molar-refractivity contribution is 7.07. The average Bonchev–Trinajstić information content (AvgIpc) is 3.14. The molecule has 1 aliphatic rings. The molecule has 0 saturated heterocycles. The summed E-state index contributed by atoms with van der Waals surface area (Å²) in [5.74, 6) is 0.599. The molecule has 0 saturated carbocycles. The summed E-state index contributed by atoms with van der Waals surface area (Å²) in [5, 5.41) is 0. The highest BCUT2D eigenvalue weighted by Crippen LogP contribution is 2.35. The van der Waals surface area contributed by atoms with E-state index in [1.165, 1.54) is 24.6 Å². The molecule has 0 bridgehead atoms. The summed E-state index contributed by atoms with van der Waals surface area (Å²) in [5.41, 5.74) is 2.76. The first-order chi connectivity index (χ1) is 16.5. The van der Waals surface area contributed by atoms with Gasteiger partial charge in [0.2, 0.25) is 0 Å². The van der Waals surface area contributed by atoms with Gasteiger partial charge in [-0.15, -0.1) is 0 Å². The third-order valence-electron chi connectivity index (χ3n) is 5.35. The van der Waals surface area contributed by atoms with E-state index in [1.54, 1.807) is 16.7 Å². The zero-order valence-corrected chi connectivity index (χ0v) is 20.3. The minimum absolute atomic E-state index is 0.225. The van der Waals surface area contributed by atoms with E-state index in [2.05, 4.69) is 4.99 Å². The Hall–Kier alpha value is -3.65. The van der Waals surface area contributed by atoms with Crippen LogP contribution in [0.5, 0.6) is 11.5 Å². The van der Waals surface area contributed by atoms with Crippen LogP contribution in [0.3, 0.4) is 0 Å². The quantitative estimate of drug-likeness (QED) is 0.488. The number of carbonyl (C=O) groups is 1. The Bertz CT molecular complexity index is 1430. The third kappa shape index (κ3) is 4.54. The van der Waals surface area contributed by atoms with Gasteiger partial charge in [0, 0.05) is 6.20 Å². The molecule has 0 radical (unpaired) electrons. The van der Waals surface area contributed by atoms with E-state index in [1.807, 2.05) is 57.2 Å². The van der Waals surface area contributed by atoms with Crippen LogP contribution in [0.2, 0.25) is 0 Å². The van der Waals surface area contributed by atoms with Crippen molar-refractivity contribution in [2.24, 2.45) is 4.99 Å². The highest BCUT2D eigenvalue weighted by Gasteiger charge is 2.31. The third-order valence-corrected chi connectivity index (χ3v) is 6.35. The van der Waals surface area contributed by atoms with Crippen molar-refractivity contribution in [2.45, 2.75) is 26.8 Å². The van der Waals surface area contributed by atoms with E-state index in [0.717, 1.165) is 11.1 Å². The van der Waals surface area contributed by atoms with Crippen molar-refractivity contribution in [2.75, 3.05) is 20.3 Å². The van der Waals surface area contributed by atoms with Gasteiger partial charge in [-0.2, -0.15) is 0 Å². The molecule has 34 heavy (non-hydrogen) atoms. The van der Waals surface area contributed by atoms with E-state index >= 15 is 0 Å². The molecule has 0 unspecified atom stereocenters. The smallest absolute Gasteiger partial charge is 0.337 e. The minimum atomic E-state index is -0.710. The minimum Gasteiger partial charge on any atom is -0.490 e. The molecule has 1 aliphatic heterocycles. The SMILES string of the molecule is CCOc1ccc([C@@H]2C(C(=O)OC)=CN=c3s/c(=C\c4cccc(C)c4)c(=O)n32)cc1OCC. The van der Waals surface area contributed by atoms with Gasteiger partial charge >= 0.3 is 5.97 Å². The number of thiazole rings is 1. The number of ether oxygens (including phenoxy) is 3. The largest absolute Gasteiger partial charge is 0.490 e. The van der Waals surface area contributed by atoms with Gasteiger partial charge < -0.3 is 14.2 Å². The molecule has 176 valence electrons. The second kappa shape index (κ2) is 10.1. The molecule has 1 atom stereocenters. The van der Waals surface area contributed by atoms with Crippen molar-refractivity contribution in [3.63, 3.8) is 0 Å². The molecule has 3 aromatic rings. The lowest BCUT2D eigenvalue weighted by atomic mass is 9.97. The topological polar surface area (TPSA) is 79.1 Å². The second-order valence-electron chi connectivity index (χ2n) is 7.66. The maximum atomic E-state index is 13.6. The van der Waals surface area contributed by atoms with Gasteiger partial charge in [-0.25, -0.2) is 9.79 Å². The number of carbonyl (C=O) groups excluding carboxylic acids is 1. The number of aromatic nitrogens is 1. The van der Waals surface area contributed by atoms with Crippen molar-refractivity contribution >= 4 is 23.4 Å². The average molecular weight is 479 g/mol. The fourth-order valence-corrected chi connectivity index (χ4v) is 4.87. The Labute approximate surface area is 201 Å². The Morgan fingerprint density at radius 3 is 2.59 bits per heavy atom. The van der Waals surface area contributed by atoms with Gasteiger partial charge in [0.1, 0.15) is 0 Å². The van der Waals surface area contributed by atoms with Crippen molar-refractivity contribution in [3.8, 4) is 11.5 Å². The van der Waals surface area contributed by atoms with E-state index < -0.39 is 12.0 Å². The van der Waals surface area contributed by atoms with E-state index in [0.29, 0.717) is 39.6 Å². The number of rotatable bonds is 7. The Morgan fingerprint density at radius 2 is 1.88 bits per heavy atom. The van der Waals surface area contributed by atoms with Crippen molar-refractivity contribution in [1.82, 2.24) is 4.57 Å². The molecule has 8 heteroatoms. The van der Waals surface area contributed by atoms with Crippen molar-refractivity contribution in [3.05, 3.63) is 90.6 Å². The zero-order chi connectivity index (χ0) is 24.2. The van der Waals surface area contributed by atoms with Crippen LogP contribution in [-0.2, 0) is 9.53 Å². The lowest BCUT2D eigenvalue weighted by Crippen LogP contribution is -2.39. The summed E-state index contributed by atoms with van der Waals surface area (Å²) >= 11 is 1.28. The predicted octanol–water partition coefficient (Wildman–Crippen LogP) is 3.12.